The standard InChI is InChI=1S/C21H21N5O2/c1-3-27-14-16-6-5-15(2)18(11-16)25-21-23-13-19(28-21)17-7-8-20(22-12-17)26-10-4-9-24-26/h4-13H,3,14H2,1-2H3,(H,23,25). The summed E-state index contributed by atoms with van der Waals surface area (Å²) in [6.45, 7) is 5.29. The Balaban J connectivity index is 1.50. The van der Waals surface area contributed by atoms with Gasteiger partial charge in [-0.2, -0.15) is 5.10 Å². The molecule has 28 heavy (non-hydrogen) atoms. The molecule has 0 aliphatic carbocycles. The molecule has 0 bridgehead atoms. The number of rotatable bonds is 7. The predicted molar refractivity (Wildman–Crippen MR) is 107 cm³/mol. The number of hydrogen-bond donors (Lipinski definition) is 1. The molecule has 0 fully saturated rings. The van der Waals surface area contributed by atoms with E-state index in [0.717, 1.165) is 28.2 Å². The van der Waals surface area contributed by atoms with Crippen LogP contribution < -0.4 is 5.32 Å². The molecule has 0 aliphatic rings. The number of aryl methyl sites for hydroxylation is 1. The van der Waals surface area contributed by atoms with Crippen LogP contribution in [0.2, 0.25) is 0 Å². The number of oxazole rings is 1. The Labute approximate surface area is 163 Å². The van der Waals surface area contributed by atoms with Gasteiger partial charge in [-0.15, -0.1) is 0 Å². The first-order valence-corrected chi connectivity index (χ1v) is 9.09. The Morgan fingerprint density at radius 3 is 2.82 bits per heavy atom. The van der Waals surface area contributed by atoms with E-state index in [4.69, 9.17) is 9.15 Å². The molecular weight excluding hydrogens is 354 g/mol. The fraction of sp³-hybridized carbons (Fsp3) is 0.190. The molecule has 0 spiro atoms. The van der Waals surface area contributed by atoms with Crippen LogP contribution >= 0.6 is 0 Å². The number of aromatic nitrogens is 4. The maximum absolute atomic E-state index is 5.86. The summed E-state index contributed by atoms with van der Waals surface area (Å²) in [5, 5.41) is 7.42. The summed E-state index contributed by atoms with van der Waals surface area (Å²) in [4.78, 5) is 8.76. The monoisotopic (exact) mass is 375 g/mol. The number of benzene rings is 1. The molecule has 7 heteroatoms. The second kappa shape index (κ2) is 8.06. The molecule has 1 N–H and O–H groups in total. The average Bonchev–Trinajstić information content (AvgIpc) is 3.41. The molecule has 0 atom stereocenters. The molecule has 0 saturated heterocycles. The van der Waals surface area contributed by atoms with Crippen LogP contribution in [0.3, 0.4) is 0 Å². The zero-order chi connectivity index (χ0) is 19.3. The van der Waals surface area contributed by atoms with Gasteiger partial charge in [-0.3, -0.25) is 0 Å². The first kappa shape index (κ1) is 17.9. The van der Waals surface area contributed by atoms with Gasteiger partial charge in [-0.1, -0.05) is 12.1 Å². The second-order valence-corrected chi connectivity index (χ2v) is 6.30. The Morgan fingerprint density at radius 2 is 2.07 bits per heavy atom. The van der Waals surface area contributed by atoms with Crippen molar-refractivity contribution >= 4 is 11.7 Å². The summed E-state index contributed by atoms with van der Waals surface area (Å²) in [6.07, 6.45) is 7.00. The van der Waals surface area contributed by atoms with Crippen LogP contribution in [0.15, 0.2) is 65.6 Å². The molecule has 3 aromatic heterocycles. The maximum Gasteiger partial charge on any atom is 0.299 e. The summed E-state index contributed by atoms with van der Waals surface area (Å²) in [5.41, 5.74) is 3.99. The molecule has 142 valence electrons. The van der Waals surface area contributed by atoms with Crippen LogP contribution in [0.5, 0.6) is 0 Å². The van der Waals surface area contributed by atoms with Gasteiger partial charge < -0.3 is 14.5 Å². The second-order valence-electron chi connectivity index (χ2n) is 6.30. The van der Waals surface area contributed by atoms with Gasteiger partial charge in [0.1, 0.15) is 0 Å². The molecule has 1 aromatic carbocycles. The van der Waals surface area contributed by atoms with Gasteiger partial charge in [0.2, 0.25) is 0 Å². The summed E-state index contributed by atoms with van der Waals surface area (Å²) < 4.78 is 13.1. The number of nitrogens with one attached hydrogen (secondary N) is 1. The van der Waals surface area contributed by atoms with Gasteiger partial charge in [0.05, 0.1) is 12.8 Å². The lowest BCUT2D eigenvalue weighted by atomic mass is 10.1. The minimum Gasteiger partial charge on any atom is -0.423 e. The Bertz CT molecular complexity index is 1040. The summed E-state index contributed by atoms with van der Waals surface area (Å²) in [6, 6.07) is 12.3. The highest BCUT2D eigenvalue weighted by atomic mass is 16.5. The van der Waals surface area contributed by atoms with Crippen molar-refractivity contribution in [1.82, 2.24) is 19.7 Å². The fourth-order valence-electron chi connectivity index (χ4n) is 2.77. The third kappa shape index (κ3) is 3.94. The van der Waals surface area contributed by atoms with Gasteiger partial charge >= 0.3 is 0 Å². The summed E-state index contributed by atoms with van der Waals surface area (Å²) in [5.74, 6) is 1.39. The van der Waals surface area contributed by atoms with Crippen molar-refractivity contribution in [2.24, 2.45) is 0 Å². The van der Waals surface area contributed by atoms with Crippen molar-refractivity contribution in [3.05, 3.63) is 72.3 Å². The topological polar surface area (TPSA) is 78.0 Å². The lowest BCUT2D eigenvalue weighted by Gasteiger charge is -2.09. The Hall–Kier alpha value is -3.45. The van der Waals surface area contributed by atoms with E-state index in [-0.39, 0.29) is 0 Å². The van der Waals surface area contributed by atoms with Crippen molar-refractivity contribution < 1.29 is 9.15 Å². The van der Waals surface area contributed by atoms with Crippen LogP contribution in [0.1, 0.15) is 18.1 Å². The lowest BCUT2D eigenvalue weighted by molar-refractivity contribution is 0.134. The van der Waals surface area contributed by atoms with E-state index in [9.17, 15) is 0 Å². The van der Waals surface area contributed by atoms with Crippen molar-refractivity contribution in [3.63, 3.8) is 0 Å². The van der Waals surface area contributed by atoms with E-state index < -0.39 is 0 Å². The molecule has 4 rings (SSSR count). The highest BCUT2D eigenvalue weighted by molar-refractivity contribution is 5.62. The smallest absolute Gasteiger partial charge is 0.299 e. The third-order valence-electron chi connectivity index (χ3n) is 4.29. The number of ether oxygens (including phenoxy) is 1. The molecule has 7 nitrogen and oxygen atoms in total. The van der Waals surface area contributed by atoms with Gasteiger partial charge in [-0.05, 0) is 49.2 Å². The molecule has 0 unspecified atom stereocenters. The van der Waals surface area contributed by atoms with E-state index >= 15 is 0 Å². The zero-order valence-electron chi connectivity index (χ0n) is 15.8. The molecular formula is C21H21N5O2. The normalized spacial score (nSPS) is 10.9. The number of anilines is 2. The van der Waals surface area contributed by atoms with Crippen LogP contribution in [-0.4, -0.2) is 26.4 Å². The SMILES string of the molecule is CCOCc1ccc(C)c(Nc2ncc(-c3ccc(-n4cccn4)nc3)o2)c1. The van der Waals surface area contributed by atoms with Crippen molar-refractivity contribution in [1.29, 1.82) is 0 Å². The number of hydrogen-bond acceptors (Lipinski definition) is 6. The van der Waals surface area contributed by atoms with Crippen LogP contribution in [0.25, 0.3) is 17.1 Å². The Morgan fingerprint density at radius 1 is 1.14 bits per heavy atom. The zero-order valence-corrected chi connectivity index (χ0v) is 15.8. The fourth-order valence-corrected chi connectivity index (χ4v) is 2.77. The van der Waals surface area contributed by atoms with E-state index in [1.807, 2.05) is 38.2 Å². The highest BCUT2D eigenvalue weighted by Gasteiger charge is 2.09. The van der Waals surface area contributed by atoms with Crippen LogP contribution in [0, 0.1) is 6.92 Å². The van der Waals surface area contributed by atoms with Gasteiger partial charge in [0.25, 0.3) is 6.01 Å². The third-order valence-corrected chi connectivity index (χ3v) is 4.29. The average molecular weight is 375 g/mol. The van der Waals surface area contributed by atoms with Crippen LogP contribution in [0.4, 0.5) is 11.7 Å². The van der Waals surface area contributed by atoms with E-state index in [1.165, 1.54) is 0 Å². The van der Waals surface area contributed by atoms with Crippen molar-refractivity contribution in [3.8, 4) is 17.1 Å². The number of pyridine rings is 1. The quantitative estimate of drug-likeness (QED) is 0.512. The van der Waals surface area contributed by atoms with Crippen LogP contribution in [-0.2, 0) is 11.3 Å². The summed E-state index contributed by atoms with van der Waals surface area (Å²) >= 11 is 0. The van der Waals surface area contributed by atoms with Gasteiger partial charge in [-0.25, -0.2) is 14.6 Å². The molecule has 3 heterocycles. The molecule has 0 amide bonds. The molecule has 4 aromatic rings. The van der Waals surface area contributed by atoms with E-state index in [2.05, 4.69) is 38.6 Å². The molecule has 0 saturated carbocycles. The minimum atomic E-state index is 0.433. The first-order valence-electron chi connectivity index (χ1n) is 9.09. The van der Waals surface area contributed by atoms with E-state index in [0.29, 0.717) is 25.0 Å². The first-order chi connectivity index (χ1) is 13.7. The van der Waals surface area contributed by atoms with E-state index in [1.54, 1.807) is 23.3 Å². The highest BCUT2D eigenvalue weighted by Crippen LogP contribution is 2.26. The summed E-state index contributed by atoms with van der Waals surface area (Å²) in [7, 11) is 0. The van der Waals surface area contributed by atoms with Crippen molar-refractivity contribution in [2.75, 3.05) is 11.9 Å². The van der Waals surface area contributed by atoms with Gasteiger partial charge in [0.15, 0.2) is 11.6 Å². The molecule has 0 aliphatic heterocycles. The predicted octanol–water partition coefficient (Wildman–Crippen LogP) is 4.51. The largest absolute Gasteiger partial charge is 0.423 e. The maximum atomic E-state index is 5.86. The number of nitrogens with zero attached hydrogens (tertiary/aromatic N) is 4. The molecule has 0 radical (unpaired) electrons. The Kier molecular flexibility index (Phi) is 5.16. The van der Waals surface area contributed by atoms with Gasteiger partial charge in [0, 0.05) is 36.4 Å². The van der Waals surface area contributed by atoms with Crippen molar-refractivity contribution in [2.45, 2.75) is 20.5 Å². The lowest BCUT2D eigenvalue weighted by Crippen LogP contribution is -1.97. The minimum absolute atomic E-state index is 0.433.